The normalized spacial score (nSPS) is 17.4. The van der Waals surface area contributed by atoms with Gasteiger partial charge in [-0.25, -0.2) is 0 Å². The van der Waals surface area contributed by atoms with Crippen LogP contribution in [0.1, 0.15) is 52.4 Å². The monoisotopic (exact) mass is 706 g/mol. The topological polar surface area (TPSA) is 73.6 Å². The maximum Gasteiger partial charge on any atom is 0.297 e. The highest BCUT2D eigenvalue weighted by Gasteiger charge is 2.42. The molecule has 0 aliphatic carbocycles. The van der Waals surface area contributed by atoms with E-state index in [0.717, 1.165) is 25.7 Å². The van der Waals surface area contributed by atoms with Gasteiger partial charge < -0.3 is 20.5 Å². The predicted molar refractivity (Wildman–Crippen MR) is 218 cm³/mol. The van der Waals surface area contributed by atoms with E-state index in [4.69, 9.17) is 15.2 Å². The van der Waals surface area contributed by atoms with Crippen molar-refractivity contribution in [2.45, 2.75) is 76.9 Å². The first-order chi connectivity index (χ1) is 26.5. The second kappa shape index (κ2) is 30.8. The van der Waals surface area contributed by atoms with Crippen LogP contribution in [0.25, 0.3) is 0 Å². The first-order valence-corrected chi connectivity index (χ1v) is 17.2. The van der Waals surface area contributed by atoms with Crippen LogP contribution in [-0.4, -0.2) is 37.0 Å². The van der Waals surface area contributed by atoms with E-state index >= 15 is 0 Å². The van der Waals surface area contributed by atoms with E-state index in [-0.39, 0.29) is 36.5 Å². The molecule has 5 heteroatoms. The summed E-state index contributed by atoms with van der Waals surface area (Å²) in [5.41, 5.74) is 6.57. The van der Waals surface area contributed by atoms with Crippen LogP contribution in [0.2, 0.25) is 0 Å². The number of allylic oxidation sites excluding steroid dienone is 1. The van der Waals surface area contributed by atoms with Gasteiger partial charge in [-0.3, -0.25) is 4.79 Å². The highest BCUT2D eigenvalue weighted by atomic mass is 16.7. The lowest BCUT2D eigenvalue weighted by atomic mass is 9.75. The van der Waals surface area contributed by atoms with Gasteiger partial charge in [-0.2, -0.15) is 0 Å². The van der Waals surface area contributed by atoms with Crippen molar-refractivity contribution in [3.8, 4) is 142 Å². The van der Waals surface area contributed by atoms with Gasteiger partial charge in [-0.1, -0.05) is 62.8 Å². The van der Waals surface area contributed by atoms with E-state index in [1.54, 1.807) is 6.92 Å². The van der Waals surface area contributed by atoms with Crippen LogP contribution in [0, 0.1) is 160 Å². The summed E-state index contributed by atoms with van der Waals surface area (Å²) in [4.78, 5) is 12.8. The third kappa shape index (κ3) is 20.0. The molecule has 0 aromatic rings. The van der Waals surface area contributed by atoms with Gasteiger partial charge in [0.05, 0.1) is 18.8 Å². The Labute approximate surface area is 324 Å². The standard InChI is InChI=1S/C49H42N2O3/c1-7-13-15-17-18-19-20-21-22-23-24-25-26-27-28-29-30-31-32-33-34-35-37-40-48(52)51-46(45(50)39-36-16-14-8-2)41-53-49-44(12-6)42(10-4)43(11-5)47(54-49)38-9-3/h9-12,42-47,49H,3-6,8,14,16,36,38-39,41,50H2,1-2H3,(H,51,52)/t42?,43-,44+,45-,46+,47?,49+/m1/s1. The second-order valence-electron chi connectivity index (χ2n) is 11.1. The van der Waals surface area contributed by atoms with Crippen molar-refractivity contribution in [3.63, 3.8) is 0 Å². The summed E-state index contributed by atoms with van der Waals surface area (Å²) in [5, 5.41) is 2.90. The van der Waals surface area contributed by atoms with Crippen molar-refractivity contribution in [1.29, 1.82) is 0 Å². The Bertz CT molecular complexity index is 2140. The zero-order valence-electron chi connectivity index (χ0n) is 30.9. The molecule has 2 unspecified atom stereocenters. The minimum absolute atomic E-state index is 0.00885. The van der Waals surface area contributed by atoms with E-state index in [1.807, 2.05) is 24.3 Å². The fraction of sp³-hybridized carbons (Fsp3) is 0.327. The Morgan fingerprint density at radius 2 is 1.15 bits per heavy atom. The third-order valence-corrected chi connectivity index (χ3v) is 7.43. The summed E-state index contributed by atoms with van der Waals surface area (Å²) >= 11 is 0. The number of nitrogens with one attached hydrogen (secondary N) is 1. The van der Waals surface area contributed by atoms with Crippen LogP contribution in [0.5, 0.6) is 0 Å². The predicted octanol–water partition coefficient (Wildman–Crippen LogP) is 4.55. The molecule has 3 N–H and O–H groups in total. The third-order valence-electron chi connectivity index (χ3n) is 7.43. The van der Waals surface area contributed by atoms with Gasteiger partial charge in [0, 0.05) is 59.3 Å². The number of ether oxygens (including phenoxy) is 2. The van der Waals surface area contributed by atoms with Gasteiger partial charge in [0.15, 0.2) is 6.29 Å². The van der Waals surface area contributed by atoms with Gasteiger partial charge in [-0.15, -0.1) is 26.3 Å². The first-order valence-electron chi connectivity index (χ1n) is 17.2. The SMILES string of the molecule is C=CCC1O[C@H](OC[C@H](NC(=O)C#CC#CC#CC#CC#CC#CC#CC#CC#CC#CC#CC#CC)[C@H](N)CCCCCC)[C@@H](C=C)C(C=C)[C@H]1C=C. The lowest BCUT2D eigenvalue weighted by Crippen LogP contribution is -2.52. The van der Waals surface area contributed by atoms with Crippen molar-refractivity contribution < 1.29 is 14.3 Å². The zero-order valence-corrected chi connectivity index (χ0v) is 30.9. The van der Waals surface area contributed by atoms with Gasteiger partial charge in [-0.05, 0) is 120 Å². The van der Waals surface area contributed by atoms with Gasteiger partial charge in [0.1, 0.15) is 0 Å². The first kappa shape index (κ1) is 45.1. The minimum Gasteiger partial charge on any atom is -0.350 e. The average Bonchev–Trinajstić information content (AvgIpc) is 3.17. The Morgan fingerprint density at radius 3 is 1.57 bits per heavy atom. The number of hydrogen-bond donors (Lipinski definition) is 2. The van der Waals surface area contributed by atoms with E-state index < -0.39 is 18.2 Å². The molecular weight excluding hydrogens is 665 g/mol. The summed E-state index contributed by atoms with van der Waals surface area (Å²) in [6.07, 6.45) is 12.1. The molecule has 54 heavy (non-hydrogen) atoms. The van der Waals surface area contributed by atoms with E-state index in [2.05, 4.69) is 181 Å². The smallest absolute Gasteiger partial charge is 0.297 e. The van der Waals surface area contributed by atoms with Crippen LogP contribution in [0.4, 0.5) is 0 Å². The number of amides is 1. The molecule has 5 nitrogen and oxygen atoms in total. The van der Waals surface area contributed by atoms with Gasteiger partial charge >= 0.3 is 0 Å². The number of hydrogen-bond acceptors (Lipinski definition) is 4. The molecule has 1 aliphatic heterocycles. The van der Waals surface area contributed by atoms with Crippen molar-refractivity contribution in [2.75, 3.05) is 6.61 Å². The molecule has 7 atom stereocenters. The van der Waals surface area contributed by atoms with Crippen LogP contribution in [0.3, 0.4) is 0 Å². The van der Waals surface area contributed by atoms with Crippen LogP contribution >= 0.6 is 0 Å². The Morgan fingerprint density at radius 1 is 0.685 bits per heavy atom. The Balaban J connectivity index is 2.83. The summed E-state index contributed by atoms with van der Waals surface area (Å²) in [6, 6.07) is -0.877. The number of rotatable bonds is 15. The highest BCUT2D eigenvalue weighted by molar-refractivity contribution is 5.94. The molecule has 0 saturated carbocycles. The second-order valence-corrected chi connectivity index (χ2v) is 11.1. The summed E-state index contributed by atoms with van der Waals surface area (Å²) < 4.78 is 12.7. The fourth-order valence-electron chi connectivity index (χ4n) is 4.92. The number of carbonyl (C=O) groups is 1. The molecule has 266 valence electrons. The number of carbonyl (C=O) groups excluding carboxylic acids is 1. The van der Waals surface area contributed by atoms with Crippen molar-refractivity contribution >= 4 is 5.91 Å². The molecule has 1 amide bonds. The molecule has 0 aromatic carbocycles. The van der Waals surface area contributed by atoms with Crippen LogP contribution in [-0.2, 0) is 14.3 Å². The molecule has 0 aromatic heterocycles. The summed E-state index contributed by atoms with van der Waals surface area (Å²) in [5.74, 6) is 60.0. The molecular formula is C49H42N2O3. The average molecular weight is 707 g/mol. The summed E-state index contributed by atoms with van der Waals surface area (Å²) in [7, 11) is 0. The Hall–Kier alpha value is -6.97. The highest BCUT2D eigenvalue weighted by Crippen LogP contribution is 2.39. The zero-order chi connectivity index (χ0) is 39.5. The lowest BCUT2D eigenvalue weighted by Gasteiger charge is -2.44. The molecule has 1 saturated heterocycles. The summed E-state index contributed by atoms with van der Waals surface area (Å²) in [6.45, 7) is 19.9. The molecule has 0 bridgehead atoms. The van der Waals surface area contributed by atoms with Crippen molar-refractivity contribution in [1.82, 2.24) is 5.32 Å². The van der Waals surface area contributed by atoms with E-state index in [9.17, 15) is 4.79 Å². The number of unbranched alkanes of at least 4 members (excludes halogenated alkanes) is 3. The molecule has 0 radical (unpaired) electrons. The number of nitrogens with two attached hydrogens (primary N) is 1. The van der Waals surface area contributed by atoms with Crippen molar-refractivity contribution in [2.24, 2.45) is 23.5 Å². The van der Waals surface area contributed by atoms with E-state index in [0.29, 0.717) is 12.8 Å². The van der Waals surface area contributed by atoms with Crippen LogP contribution in [0.15, 0.2) is 50.6 Å². The van der Waals surface area contributed by atoms with Crippen molar-refractivity contribution in [3.05, 3.63) is 50.6 Å². The van der Waals surface area contributed by atoms with Crippen LogP contribution < -0.4 is 11.1 Å². The molecule has 0 spiro atoms. The van der Waals surface area contributed by atoms with E-state index in [1.165, 1.54) is 0 Å². The maximum absolute atomic E-state index is 12.8. The molecule has 1 fully saturated rings. The minimum atomic E-state index is -0.619. The van der Waals surface area contributed by atoms with Gasteiger partial charge in [0.25, 0.3) is 5.91 Å². The molecule has 1 rings (SSSR count). The molecule has 1 heterocycles. The fourth-order valence-corrected chi connectivity index (χ4v) is 4.92. The molecule has 1 aliphatic rings. The largest absolute Gasteiger partial charge is 0.350 e. The maximum atomic E-state index is 12.8. The lowest BCUT2D eigenvalue weighted by molar-refractivity contribution is -0.235. The quantitative estimate of drug-likeness (QED) is 0.149. The van der Waals surface area contributed by atoms with Gasteiger partial charge in [0.2, 0.25) is 0 Å². The Kier molecular flexibility index (Phi) is 25.7.